The van der Waals surface area contributed by atoms with Gasteiger partial charge in [0.25, 0.3) is 0 Å². The van der Waals surface area contributed by atoms with Crippen LogP contribution >= 0.6 is 0 Å². The highest BCUT2D eigenvalue weighted by molar-refractivity contribution is 7.89. The number of aryl methyl sites for hydroxylation is 2. The molecule has 27 heavy (non-hydrogen) atoms. The summed E-state index contributed by atoms with van der Waals surface area (Å²) in [6.45, 7) is 10.2. The Morgan fingerprint density at radius 2 is 1.63 bits per heavy atom. The normalized spacial score (nSPS) is 20.8. The van der Waals surface area contributed by atoms with Crippen LogP contribution in [0, 0.1) is 19.8 Å². The van der Waals surface area contributed by atoms with Crippen LogP contribution in [0.1, 0.15) is 30.9 Å². The molecule has 0 bridgehead atoms. The Balaban J connectivity index is 1.56. The van der Waals surface area contributed by atoms with Gasteiger partial charge in [-0.2, -0.15) is 4.31 Å². The second-order valence-corrected chi connectivity index (χ2v) is 9.93. The van der Waals surface area contributed by atoms with E-state index in [1.165, 1.54) is 4.31 Å². The molecule has 2 aliphatic heterocycles. The number of benzene rings is 1. The quantitative estimate of drug-likeness (QED) is 0.784. The summed E-state index contributed by atoms with van der Waals surface area (Å²) in [5.41, 5.74) is 2.05. The van der Waals surface area contributed by atoms with E-state index in [1.54, 1.807) is 12.1 Å². The van der Waals surface area contributed by atoms with E-state index in [9.17, 15) is 13.2 Å². The lowest BCUT2D eigenvalue weighted by atomic mass is 9.99. The molecule has 0 radical (unpaired) electrons. The van der Waals surface area contributed by atoms with Gasteiger partial charge < -0.3 is 4.90 Å². The summed E-state index contributed by atoms with van der Waals surface area (Å²) in [7, 11) is -3.50. The smallest absolute Gasteiger partial charge is 0.243 e. The number of nitrogens with zero attached hydrogens (tertiary/aromatic N) is 3. The van der Waals surface area contributed by atoms with E-state index in [4.69, 9.17) is 0 Å². The molecule has 2 heterocycles. The van der Waals surface area contributed by atoms with E-state index in [0.29, 0.717) is 37.6 Å². The van der Waals surface area contributed by atoms with Crippen LogP contribution in [0.2, 0.25) is 0 Å². The molecule has 0 aromatic heterocycles. The monoisotopic (exact) mass is 393 g/mol. The molecule has 150 valence electrons. The minimum atomic E-state index is -3.50. The van der Waals surface area contributed by atoms with Gasteiger partial charge >= 0.3 is 0 Å². The first-order valence-electron chi connectivity index (χ1n) is 9.85. The predicted molar refractivity (Wildman–Crippen MR) is 106 cm³/mol. The molecule has 2 saturated heterocycles. The molecule has 3 rings (SSSR count). The number of rotatable bonds is 4. The largest absolute Gasteiger partial charge is 0.339 e. The van der Waals surface area contributed by atoms with Crippen molar-refractivity contribution < 1.29 is 13.2 Å². The van der Waals surface area contributed by atoms with E-state index in [0.717, 1.165) is 43.0 Å². The van der Waals surface area contributed by atoms with E-state index in [-0.39, 0.29) is 5.91 Å². The van der Waals surface area contributed by atoms with Crippen molar-refractivity contribution in [2.45, 2.75) is 38.5 Å². The SMILES string of the molecule is Cc1ccc(S(=O)(=O)N2CCN(C(=O)CN3CCC(C)CC3)CC2)cc1C. The second kappa shape index (κ2) is 8.29. The molecule has 0 atom stereocenters. The number of sulfonamides is 1. The van der Waals surface area contributed by atoms with E-state index < -0.39 is 10.0 Å². The molecule has 0 aliphatic carbocycles. The lowest BCUT2D eigenvalue weighted by Gasteiger charge is -2.36. The zero-order chi connectivity index (χ0) is 19.6. The van der Waals surface area contributed by atoms with Gasteiger partial charge in [0.15, 0.2) is 0 Å². The zero-order valence-electron chi connectivity index (χ0n) is 16.6. The van der Waals surface area contributed by atoms with E-state index in [1.807, 2.05) is 24.8 Å². The lowest BCUT2D eigenvalue weighted by Crippen LogP contribution is -2.53. The number of hydrogen-bond acceptors (Lipinski definition) is 4. The Labute approximate surface area is 163 Å². The standard InChI is InChI=1S/C20H31N3O3S/c1-16-6-8-21(9-7-16)15-20(24)22-10-12-23(13-11-22)27(25,26)19-5-4-17(2)18(3)14-19/h4-5,14,16H,6-13,15H2,1-3H3. The van der Waals surface area contributed by atoms with Crippen LogP contribution in [0.3, 0.4) is 0 Å². The van der Waals surface area contributed by atoms with Crippen molar-refractivity contribution >= 4 is 15.9 Å². The maximum absolute atomic E-state index is 12.9. The van der Waals surface area contributed by atoms with Gasteiger partial charge in [-0.1, -0.05) is 13.0 Å². The molecule has 0 spiro atoms. The van der Waals surface area contributed by atoms with Gasteiger partial charge in [0.2, 0.25) is 15.9 Å². The third kappa shape index (κ3) is 4.70. The van der Waals surface area contributed by atoms with Gasteiger partial charge in [-0.15, -0.1) is 0 Å². The maximum Gasteiger partial charge on any atom is 0.243 e. The minimum absolute atomic E-state index is 0.118. The number of piperazine rings is 1. The highest BCUT2D eigenvalue weighted by atomic mass is 32.2. The first-order valence-corrected chi connectivity index (χ1v) is 11.3. The fourth-order valence-electron chi connectivity index (χ4n) is 3.71. The van der Waals surface area contributed by atoms with Crippen LogP contribution in [0.25, 0.3) is 0 Å². The Bertz CT molecular complexity index is 778. The molecular weight excluding hydrogens is 362 g/mol. The molecule has 1 aromatic rings. The van der Waals surface area contributed by atoms with Crippen molar-refractivity contribution in [3.8, 4) is 0 Å². The number of carbonyl (C=O) groups excluding carboxylic acids is 1. The number of hydrogen-bond donors (Lipinski definition) is 0. The van der Waals surface area contributed by atoms with Crippen LogP contribution in [-0.2, 0) is 14.8 Å². The summed E-state index contributed by atoms with van der Waals surface area (Å²) in [6.07, 6.45) is 2.30. The number of piperidine rings is 1. The Hall–Kier alpha value is -1.44. The van der Waals surface area contributed by atoms with Gasteiger partial charge in [0, 0.05) is 26.2 Å². The molecule has 2 aliphatic rings. The lowest BCUT2D eigenvalue weighted by molar-refractivity contribution is -0.133. The molecule has 1 amide bonds. The molecule has 2 fully saturated rings. The summed E-state index contributed by atoms with van der Waals surface area (Å²) in [5, 5.41) is 0. The van der Waals surface area contributed by atoms with Crippen LogP contribution in [0.15, 0.2) is 23.1 Å². The van der Waals surface area contributed by atoms with Crippen LogP contribution < -0.4 is 0 Å². The van der Waals surface area contributed by atoms with Crippen molar-refractivity contribution in [1.29, 1.82) is 0 Å². The predicted octanol–water partition coefficient (Wildman–Crippen LogP) is 1.87. The Morgan fingerprint density at radius 1 is 1.00 bits per heavy atom. The van der Waals surface area contributed by atoms with Crippen molar-refractivity contribution in [3.05, 3.63) is 29.3 Å². The van der Waals surface area contributed by atoms with Crippen molar-refractivity contribution in [1.82, 2.24) is 14.1 Å². The Morgan fingerprint density at radius 3 is 2.22 bits per heavy atom. The highest BCUT2D eigenvalue weighted by Gasteiger charge is 2.31. The summed E-state index contributed by atoms with van der Waals surface area (Å²) in [4.78, 5) is 16.9. The minimum Gasteiger partial charge on any atom is -0.339 e. The number of amides is 1. The first kappa shape index (κ1) is 20.3. The van der Waals surface area contributed by atoms with Crippen LogP contribution in [0.5, 0.6) is 0 Å². The third-order valence-electron chi connectivity index (χ3n) is 5.94. The van der Waals surface area contributed by atoms with E-state index in [2.05, 4.69) is 11.8 Å². The number of likely N-dealkylation sites (tertiary alicyclic amines) is 1. The Kier molecular flexibility index (Phi) is 6.23. The van der Waals surface area contributed by atoms with Crippen molar-refractivity contribution in [2.24, 2.45) is 5.92 Å². The van der Waals surface area contributed by atoms with Crippen molar-refractivity contribution in [2.75, 3.05) is 45.8 Å². The molecular formula is C20H31N3O3S. The molecule has 0 unspecified atom stereocenters. The summed E-state index contributed by atoms with van der Waals surface area (Å²) < 4.78 is 27.3. The average molecular weight is 394 g/mol. The zero-order valence-corrected chi connectivity index (χ0v) is 17.5. The van der Waals surface area contributed by atoms with Gasteiger partial charge in [0.05, 0.1) is 11.4 Å². The molecule has 0 saturated carbocycles. The van der Waals surface area contributed by atoms with Gasteiger partial charge in [-0.25, -0.2) is 8.42 Å². The topological polar surface area (TPSA) is 60.9 Å². The fraction of sp³-hybridized carbons (Fsp3) is 0.650. The summed E-state index contributed by atoms with van der Waals surface area (Å²) in [6, 6.07) is 5.26. The second-order valence-electron chi connectivity index (χ2n) is 7.99. The van der Waals surface area contributed by atoms with Gasteiger partial charge in [-0.05, 0) is 69.0 Å². The first-order chi connectivity index (χ1) is 12.8. The van der Waals surface area contributed by atoms with Crippen molar-refractivity contribution in [3.63, 3.8) is 0 Å². The summed E-state index contributed by atoms with van der Waals surface area (Å²) >= 11 is 0. The fourth-order valence-corrected chi connectivity index (χ4v) is 5.22. The van der Waals surface area contributed by atoms with E-state index >= 15 is 0 Å². The highest BCUT2D eigenvalue weighted by Crippen LogP contribution is 2.21. The third-order valence-corrected chi connectivity index (χ3v) is 7.84. The average Bonchev–Trinajstić information content (AvgIpc) is 2.66. The maximum atomic E-state index is 12.9. The summed E-state index contributed by atoms with van der Waals surface area (Å²) in [5.74, 6) is 0.864. The number of carbonyl (C=O) groups is 1. The van der Waals surface area contributed by atoms with Crippen LogP contribution in [-0.4, -0.2) is 74.2 Å². The van der Waals surface area contributed by atoms with Gasteiger partial charge in [0.1, 0.15) is 0 Å². The molecule has 6 nitrogen and oxygen atoms in total. The van der Waals surface area contributed by atoms with Gasteiger partial charge in [-0.3, -0.25) is 9.69 Å². The molecule has 1 aromatic carbocycles. The van der Waals surface area contributed by atoms with Crippen LogP contribution in [0.4, 0.5) is 0 Å². The molecule has 7 heteroatoms. The molecule has 0 N–H and O–H groups in total.